The molecular weight excluding hydrogens is 332 g/mol. The van der Waals surface area contributed by atoms with E-state index in [0.717, 1.165) is 30.7 Å². The van der Waals surface area contributed by atoms with E-state index >= 15 is 0 Å². The third-order valence-electron chi connectivity index (χ3n) is 4.81. The Labute approximate surface area is 150 Å². The van der Waals surface area contributed by atoms with E-state index in [2.05, 4.69) is 20.4 Å². The van der Waals surface area contributed by atoms with Crippen LogP contribution in [0.25, 0.3) is 5.52 Å². The van der Waals surface area contributed by atoms with Gasteiger partial charge in [0, 0.05) is 32.7 Å². The first-order chi connectivity index (χ1) is 12.6. The number of anilines is 1. The Bertz CT molecular complexity index is 1010. The van der Waals surface area contributed by atoms with Crippen molar-refractivity contribution in [2.45, 2.75) is 6.42 Å². The van der Waals surface area contributed by atoms with Gasteiger partial charge in [0.2, 0.25) is 0 Å². The van der Waals surface area contributed by atoms with Gasteiger partial charge in [-0.1, -0.05) is 6.07 Å². The number of fused-ring (bicyclic) bond motifs is 1. The Balaban J connectivity index is 1.38. The molecule has 1 saturated heterocycles. The predicted octanol–water partition coefficient (Wildman–Crippen LogP) is 0.684. The van der Waals surface area contributed by atoms with Crippen molar-refractivity contribution >= 4 is 17.1 Å². The van der Waals surface area contributed by atoms with Crippen LogP contribution in [0.1, 0.15) is 16.9 Å². The molecule has 26 heavy (non-hydrogen) atoms. The van der Waals surface area contributed by atoms with Crippen molar-refractivity contribution in [2.75, 3.05) is 24.5 Å². The molecule has 3 aromatic rings. The van der Waals surface area contributed by atoms with Crippen molar-refractivity contribution in [1.29, 1.82) is 0 Å². The number of carbonyl (C=O) groups is 1. The number of nitrogens with one attached hydrogen (secondary N) is 1. The molecule has 8 heteroatoms. The Morgan fingerprint density at radius 3 is 3.04 bits per heavy atom. The second kappa shape index (κ2) is 6.62. The lowest BCUT2D eigenvalue weighted by Gasteiger charge is -2.18. The number of rotatable bonds is 4. The monoisotopic (exact) mass is 352 g/mol. The van der Waals surface area contributed by atoms with Crippen LogP contribution in [0, 0.1) is 5.92 Å². The SMILES string of the molecule is Cn1ncc(N2CCC(CNC(=O)c3cccc4ccnn34)C2)cc1=O. The zero-order valence-corrected chi connectivity index (χ0v) is 14.5. The molecule has 1 N–H and O–H groups in total. The van der Waals surface area contributed by atoms with Crippen LogP contribution in [0.5, 0.6) is 0 Å². The maximum atomic E-state index is 12.5. The molecule has 1 unspecified atom stereocenters. The Morgan fingerprint density at radius 2 is 2.19 bits per heavy atom. The zero-order valence-electron chi connectivity index (χ0n) is 14.5. The summed E-state index contributed by atoms with van der Waals surface area (Å²) in [6.45, 7) is 2.23. The summed E-state index contributed by atoms with van der Waals surface area (Å²) in [4.78, 5) is 26.4. The summed E-state index contributed by atoms with van der Waals surface area (Å²) in [6.07, 6.45) is 4.35. The molecule has 0 spiro atoms. The van der Waals surface area contributed by atoms with Crippen LogP contribution in [0.3, 0.4) is 0 Å². The van der Waals surface area contributed by atoms with Gasteiger partial charge in [-0.3, -0.25) is 9.59 Å². The minimum atomic E-state index is -0.131. The van der Waals surface area contributed by atoms with Gasteiger partial charge in [0.1, 0.15) is 5.69 Å². The van der Waals surface area contributed by atoms with Gasteiger partial charge in [-0.05, 0) is 30.5 Å². The maximum Gasteiger partial charge on any atom is 0.269 e. The van der Waals surface area contributed by atoms with Gasteiger partial charge in [0.15, 0.2) is 0 Å². The Kier molecular flexibility index (Phi) is 4.16. The van der Waals surface area contributed by atoms with Gasteiger partial charge >= 0.3 is 0 Å². The number of aryl methyl sites for hydroxylation is 1. The van der Waals surface area contributed by atoms with E-state index < -0.39 is 0 Å². The van der Waals surface area contributed by atoms with Crippen molar-refractivity contribution in [3.63, 3.8) is 0 Å². The molecule has 1 aliphatic heterocycles. The van der Waals surface area contributed by atoms with Crippen molar-refractivity contribution in [2.24, 2.45) is 13.0 Å². The van der Waals surface area contributed by atoms with Crippen LogP contribution in [0.2, 0.25) is 0 Å². The molecule has 134 valence electrons. The highest BCUT2D eigenvalue weighted by Crippen LogP contribution is 2.21. The number of hydrogen-bond acceptors (Lipinski definition) is 5. The highest BCUT2D eigenvalue weighted by molar-refractivity contribution is 5.93. The summed E-state index contributed by atoms with van der Waals surface area (Å²) >= 11 is 0. The van der Waals surface area contributed by atoms with Crippen LogP contribution < -0.4 is 15.8 Å². The topological polar surface area (TPSA) is 84.5 Å². The highest BCUT2D eigenvalue weighted by atomic mass is 16.2. The first-order valence-corrected chi connectivity index (χ1v) is 8.61. The summed E-state index contributed by atoms with van der Waals surface area (Å²) < 4.78 is 2.95. The van der Waals surface area contributed by atoms with Crippen molar-refractivity contribution < 1.29 is 4.79 Å². The molecule has 3 aromatic heterocycles. The van der Waals surface area contributed by atoms with Gasteiger partial charge < -0.3 is 10.2 Å². The second-order valence-corrected chi connectivity index (χ2v) is 6.57. The van der Waals surface area contributed by atoms with E-state index in [1.165, 1.54) is 4.68 Å². The fraction of sp³-hybridized carbons (Fsp3) is 0.333. The molecule has 1 atom stereocenters. The molecule has 0 radical (unpaired) electrons. The van der Waals surface area contributed by atoms with Gasteiger partial charge in [-0.2, -0.15) is 10.2 Å². The lowest BCUT2D eigenvalue weighted by atomic mass is 10.1. The van der Waals surface area contributed by atoms with Gasteiger partial charge in [-0.15, -0.1) is 0 Å². The smallest absolute Gasteiger partial charge is 0.269 e. The number of nitrogens with zero attached hydrogens (tertiary/aromatic N) is 5. The largest absolute Gasteiger partial charge is 0.370 e. The van der Waals surface area contributed by atoms with Gasteiger partial charge in [0.05, 0.1) is 23.6 Å². The number of aromatic nitrogens is 4. The number of hydrogen-bond donors (Lipinski definition) is 1. The summed E-state index contributed by atoms with van der Waals surface area (Å²) in [6, 6.07) is 9.00. The van der Waals surface area contributed by atoms with Crippen LogP contribution in [0.15, 0.2) is 47.5 Å². The minimum Gasteiger partial charge on any atom is -0.370 e. The van der Waals surface area contributed by atoms with Crippen molar-refractivity contribution in [1.82, 2.24) is 24.7 Å². The van der Waals surface area contributed by atoms with Crippen LogP contribution in [-0.2, 0) is 7.05 Å². The van der Waals surface area contributed by atoms with Crippen molar-refractivity contribution in [3.05, 3.63) is 58.8 Å². The standard InChI is InChI=1S/C18H20N6O2/c1-22-17(25)9-15(11-21-22)23-8-6-13(12-23)10-19-18(26)16-4-2-3-14-5-7-20-24(14)16/h2-5,7,9,11,13H,6,8,10,12H2,1H3,(H,19,26). The summed E-state index contributed by atoms with van der Waals surface area (Å²) in [7, 11) is 1.63. The average molecular weight is 352 g/mol. The number of pyridine rings is 1. The van der Waals surface area contributed by atoms with Crippen molar-refractivity contribution in [3.8, 4) is 0 Å². The Hall–Kier alpha value is -3.16. The lowest BCUT2D eigenvalue weighted by molar-refractivity contribution is 0.0941. The predicted molar refractivity (Wildman–Crippen MR) is 97.3 cm³/mol. The molecule has 4 heterocycles. The fourth-order valence-electron chi connectivity index (χ4n) is 3.32. The summed E-state index contributed by atoms with van der Waals surface area (Å²) in [5.41, 5.74) is 2.13. The Morgan fingerprint density at radius 1 is 1.31 bits per heavy atom. The zero-order chi connectivity index (χ0) is 18.1. The van der Waals surface area contributed by atoms with Crippen LogP contribution in [0.4, 0.5) is 5.69 Å². The van der Waals surface area contributed by atoms with E-state index in [1.54, 1.807) is 36.1 Å². The molecule has 1 amide bonds. The molecule has 1 aliphatic rings. The van der Waals surface area contributed by atoms with E-state index in [-0.39, 0.29) is 11.5 Å². The quantitative estimate of drug-likeness (QED) is 0.747. The highest BCUT2D eigenvalue weighted by Gasteiger charge is 2.24. The van der Waals surface area contributed by atoms with Gasteiger partial charge in [-0.25, -0.2) is 9.20 Å². The van der Waals surface area contributed by atoms with E-state index in [0.29, 0.717) is 18.2 Å². The van der Waals surface area contributed by atoms with E-state index in [1.807, 2.05) is 18.2 Å². The fourth-order valence-corrected chi connectivity index (χ4v) is 3.32. The molecule has 8 nitrogen and oxygen atoms in total. The van der Waals surface area contributed by atoms with Crippen LogP contribution >= 0.6 is 0 Å². The number of amides is 1. The molecule has 0 bridgehead atoms. The normalized spacial score (nSPS) is 17.0. The van der Waals surface area contributed by atoms with E-state index in [4.69, 9.17) is 0 Å². The lowest BCUT2D eigenvalue weighted by Crippen LogP contribution is -2.32. The number of carbonyl (C=O) groups excluding carboxylic acids is 1. The van der Waals surface area contributed by atoms with Gasteiger partial charge in [0.25, 0.3) is 11.5 Å². The summed E-state index contributed by atoms with van der Waals surface area (Å²) in [5, 5.41) is 11.3. The second-order valence-electron chi connectivity index (χ2n) is 6.57. The molecular formula is C18H20N6O2. The maximum absolute atomic E-state index is 12.5. The molecule has 0 aliphatic carbocycles. The average Bonchev–Trinajstić information content (AvgIpc) is 3.30. The third kappa shape index (κ3) is 3.05. The molecule has 1 fully saturated rings. The first kappa shape index (κ1) is 16.3. The molecule has 0 aromatic carbocycles. The first-order valence-electron chi connectivity index (χ1n) is 8.61. The minimum absolute atomic E-state index is 0.119. The molecule has 0 saturated carbocycles. The van der Waals surface area contributed by atoms with E-state index in [9.17, 15) is 9.59 Å². The third-order valence-corrected chi connectivity index (χ3v) is 4.81. The summed E-state index contributed by atoms with van der Waals surface area (Å²) in [5.74, 6) is 0.202. The molecule has 4 rings (SSSR count). The van der Waals surface area contributed by atoms with Crippen LogP contribution in [-0.4, -0.2) is 44.9 Å².